The van der Waals surface area contributed by atoms with E-state index in [2.05, 4.69) is 24.3 Å². The zero-order chi connectivity index (χ0) is 12.3. The fraction of sp³-hybridized carbons (Fsp3) is 0.308. The Morgan fingerprint density at radius 3 is 2.82 bits per heavy atom. The van der Waals surface area contributed by atoms with Crippen LogP contribution >= 0.6 is 0 Å². The minimum absolute atomic E-state index is 0.253. The molecule has 0 unspecified atom stereocenters. The van der Waals surface area contributed by atoms with Crippen molar-refractivity contribution in [2.45, 2.75) is 26.4 Å². The zero-order valence-electron chi connectivity index (χ0n) is 10.0. The summed E-state index contributed by atoms with van der Waals surface area (Å²) in [5.74, 6) is -0.253. The van der Waals surface area contributed by atoms with Gasteiger partial charge in [-0.3, -0.25) is 0 Å². The highest BCUT2D eigenvalue weighted by molar-refractivity contribution is 5.35. The molecule has 0 radical (unpaired) electrons. The Morgan fingerprint density at radius 2 is 2.24 bits per heavy atom. The topological polar surface area (TPSA) is 29.9 Å². The van der Waals surface area contributed by atoms with Crippen LogP contribution < -0.4 is 5.32 Å². The van der Waals surface area contributed by atoms with E-state index in [0.29, 0.717) is 18.3 Å². The quantitative estimate of drug-likeness (QED) is 0.879. The van der Waals surface area contributed by atoms with Crippen LogP contribution in [0.25, 0.3) is 5.69 Å². The summed E-state index contributed by atoms with van der Waals surface area (Å²) in [5.41, 5.74) is 1.41. The van der Waals surface area contributed by atoms with Crippen molar-refractivity contribution < 1.29 is 4.39 Å². The SMILES string of the molecule is CC(C)NCc1ccc(-n2cccn2)c(F)c1. The van der Waals surface area contributed by atoms with E-state index in [4.69, 9.17) is 0 Å². The maximum Gasteiger partial charge on any atom is 0.149 e. The van der Waals surface area contributed by atoms with Gasteiger partial charge in [0.25, 0.3) is 0 Å². The van der Waals surface area contributed by atoms with E-state index in [9.17, 15) is 4.39 Å². The van der Waals surface area contributed by atoms with Gasteiger partial charge in [-0.25, -0.2) is 9.07 Å². The molecule has 2 rings (SSSR count). The Balaban J connectivity index is 2.17. The highest BCUT2D eigenvalue weighted by Gasteiger charge is 2.05. The molecular weight excluding hydrogens is 217 g/mol. The summed E-state index contributed by atoms with van der Waals surface area (Å²) in [6.07, 6.45) is 3.36. The van der Waals surface area contributed by atoms with E-state index in [1.165, 1.54) is 4.68 Å². The lowest BCUT2D eigenvalue weighted by atomic mass is 10.2. The second-order valence-corrected chi connectivity index (χ2v) is 4.27. The van der Waals surface area contributed by atoms with E-state index >= 15 is 0 Å². The molecule has 4 heteroatoms. The van der Waals surface area contributed by atoms with E-state index in [1.54, 1.807) is 30.6 Å². The number of aromatic nitrogens is 2. The largest absolute Gasteiger partial charge is 0.310 e. The third-order valence-corrected chi connectivity index (χ3v) is 2.48. The summed E-state index contributed by atoms with van der Waals surface area (Å²) in [6.45, 7) is 4.80. The van der Waals surface area contributed by atoms with E-state index in [-0.39, 0.29) is 5.82 Å². The van der Waals surface area contributed by atoms with Gasteiger partial charge in [0.2, 0.25) is 0 Å². The summed E-state index contributed by atoms with van der Waals surface area (Å²) < 4.78 is 15.4. The van der Waals surface area contributed by atoms with Crippen molar-refractivity contribution in [2.75, 3.05) is 0 Å². The Hall–Kier alpha value is -1.68. The molecule has 0 amide bonds. The molecule has 1 aromatic carbocycles. The number of benzene rings is 1. The molecule has 0 saturated heterocycles. The van der Waals surface area contributed by atoms with Crippen LogP contribution in [0.1, 0.15) is 19.4 Å². The van der Waals surface area contributed by atoms with Crippen LogP contribution in [0.15, 0.2) is 36.7 Å². The third-order valence-electron chi connectivity index (χ3n) is 2.48. The molecule has 0 aliphatic heterocycles. The lowest BCUT2D eigenvalue weighted by Gasteiger charge is -2.09. The average molecular weight is 233 g/mol. The number of nitrogens with one attached hydrogen (secondary N) is 1. The predicted octanol–water partition coefficient (Wildman–Crippen LogP) is 2.51. The number of hydrogen-bond acceptors (Lipinski definition) is 2. The van der Waals surface area contributed by atoms with E-state index < -0.39 is 0 Å². The first-order chi connectivity index (χ1) is 8.16. The monoisotopic (exact) mass is 233 g/mol. The van der Waals surface area contributed by atoms with Gasteiger partial charge in [0, 0.05) is 25.0 Å². The van der Waals surface area contributed by atoms with Crippen molar-refractivity contribution in [1.82, 2.24) is 15.1 Å². The van der Waals surface area contributed by atoms with Crippen LogP contribution in [0.4, 0.5) is 4.39 Å². The molecular formula is C13H16FN3. The molecule has 0 spiro atoms. The van der Waals surface area contributed by atoms with E-state index in [1.807, 2.05) is 6.07 Å². The summed E-state index contributed by atoms with van der Waals surface area (Å²) in [5, 5.41) is 7.27. The second kappa shape index (κ2) is 5.10. The highest BCUT2D eigenvalue weighted by Crippen LogP contribution is 2.14. The van der Waals surface area contributed by atoms with Gasteiger partial charge in [-0.1, -0.05) is 19.9 Å². The molecule has 0 aliphatic rings. The molecule has 3 nitrogen and oxygen atoms in total. The summed E-state index contributed by atoms with van der Waals surface area (Å²) >= 11 is 0. The Morgan fingerprint density at radius 1 is 1.41 bits per heavy atom. The van der Waals surface area contributed by atoms with Crippen molar-refractivity contribution >= 4 is 0 Å². The number of nitrogens with zero attached hydrogens (tertiary/aromatic N) is 2. The molecule has 1 heterocycles. The molecule has 17 heavy (non-hydrogen) atoms. The first kappa shape index (κ1) is 11.8. The molecule has 1 aromatic heterocycles. The molecule has 0 aliphatic carbocycles. The van der Waals surface area contributed by atoms with Crippen molar-refractivity contribution in [3.63, 3.8) is 0 Å². The first-order valence-electron chi connectivity index (χ1n) is 5.68. The Kier molecular flexibility index (Phi) is 3.54. The van der Waals surface area contributed by atoms with Gasteiger partial charge in [0.15, 0.2) is 0 Å². The van der Waals surface area contributed by atoms with Crippen molar-refractivity contribution in [3.05, 3.63) is 48.0 Å². The van der Waals surface area contributed by atoms with Crippen LogP contribution in [0.3, 0.4) is 0 Å². The molecule has 0 bridgehead atoms. The normalized spacial score (nSPS) is 11.1. The van der Waals surface area contributed by atoms with Gasteiger partial charge in [-0.15, -0.1) is 0 Å². The lowest BCUT2D eigenvalue weighted by Crippen LogP contribution is -2.21. The van der Waals surface area contributed by atoms with Crippen molar-refractivity contribution in [1.29, 1.82) is 0 Å². The maximum atomic E-state index is 13.8. The molecule has 1 N–H and O–H groups in total. The van der Waals surface area contributed by atoms with Crippen molar-refractivity contribution in [3.8, 4) is 5.69 Å². The molecule has 2 aromatic rings. The van der Waals surface area contributed by atoms with Crippen molar-refractivity contribution in [2.24, 2.45) is 0 Å². The van der Waals surface area contributed by atoms with Crippen LogP contribution in [0, 0.1) is 5.82 Å². The van der Waals surface area contributed by atoms with Gasteiger partial charge >= 0.3 is 0 Å². The number of rotatable bonds is 4. The smallest absolute Gasteiger partial charge is 0.149 e. The number of halogens is 1. The standard InChI is InChI=1S/C13H16FN3/c1-10(2)15-9-11-4-5-13(12(14)8-11)17-7-3-6-16-17/h3-8,10,15H,9H2,1-2H3. The Bertz CT molecular complexity index is 477. The molecule has 90 valence electrons. The van der Waals surface area contributed by atoms with Gasteiger partial charge in [0.1, 0.15) is 11.5 Å². The molecule has 0 fully saturated rings. The van der Waals surface area contributed by atoms with Gasteiger partial charge in [0.05, 0.1) is 0 Å². The Labute approximate surface area is 100 Å². The fourth-order valence-corrected chi connectivity index (χ4v) is 1.58. The van der Waals surface area contributed by atoms with Gasteiger partial charge < -0.3 is 5.32 Å². The lowest BCUT2D eigenvalue weighted by molar-refractivity contribution is 0.578. The van der Waals surface area contributed by atoms with Crippen LogP contribution in [-0.2, 0) is 6.54 Å². The number of hydrogen-bond donors (Lipinski definition) is 1. The maximum absolute atomic E-state index is 13.8. The van der Waals surface area contributed by atoms with Crippen LogP contribution in [-0.4, -0.2) is 15.8 Å². The van der Waals surface area contributed by atoms with Crippen LogP contribution in [0.2, 0.25) is 0 Å². The van der Waals surface area contributed by atoms with Gasteiger partial charge in [-0.05, 0) is 23.8 Å². The second-order valence-electron chi connectivity index (χ2n) is 4.27. The van der Waals surface area contributed by atoms with Crippen LogP contribution in [0.5, 0.6) is 0 Å². The average Bonchev–Trinajstić information content (AvgIpc) is 2.79. The van der Waals surface area contributed by atoms with Gasteiger partial charge in [-0.2, -0.15) is 5.10 Å². The predicted molar refractivity (Wildman–Crippen MR) is 65.5 cm³/mol. The summed E-state index contributed by atoms with van der Waals surface area (Å²) in [6, 6.07) is 7.37. The third kappa shape index (κ3) is 2.91. The zero-order valence-corrected chi connectivity index (χ0v) is 10.0. The summed E-state index contributed by atoms with van der Waals surface area (Å²) in [7, 11) is 0. The first-order valence-corrected chi connectivity index (χ1v) is 5.68. The minimum atomic E-state index is -0.253. The highest BCUT2D eigenvalue weighted by atomic mass is 19.1. The molecule has 0 saturated carbocycles. The molecule has 0 atom stereocenters. The summed E-state index contributed by atoms with van der Waals surface area (Å²) in [4.78, 5) is 0. The fourth-order valence-electron chi connectivity index (χ4n) is 1.58. The van der Waals surface area contributed by atoms with E-state index in [0.717, 1.165) is 5.56 Å². The minimum Gasteiger partial charge on any atom is -0.310 e.